The molecule has 0 saturated heterocycles. The number of aromatic hydroxyl groups is 1. The maximum absolute atomic E-state index is 12.1. The van der Waals surface area contributed by atoms with Crippen molar-refractivity contribution < 1.29 is 19.0 Å². The Morgan fingerprint density at radius 1 is 1.54 bits per heavy atom. The molecule has 4 nitrogen and oxygen atoms in total. The maximum Gasteiger partial charge on any atom is 0.290 e. The minimum atomic E-state index is -2.83. The molecule has 1 rings (SSSR count). The molecule has 1 heterocycles. The van der Waals surface area contributed by atoms with E-state index in [1.807, 2.05) is 0 Å². The summed E-state index contributed by atoms with van der Waals surface area (Å²) in [7, 11) is 0. The Balaban J connectivity index is 3.31. The summed E-state index contributed by atoms with van der Waals surface area (Å²) in [5, 5.41) is 17.5. The van der Waals surface area contributed by atoms with Crippen LogP contribution in [0.1, 0.15) is 17.7 Å². The monoisotopic (exact) mass is 191 g/mol. The number of aliphatic hydroxyl groups is 1. The molecule has 0 unspecified atom stereocenters. The van der Waals surface area contributed by atoms with Gasteiger partial charge < -0.3 is 15.2 Å². The van der Waals surface area contributed by atoms with E-state index >= 15 is 0 Å². The van der Waals surface area contributed by atoms with E-state index in [0.717, 1.165) is 6.07 Å². The highest BCUT2D eigenvalue weighted by atomic mass is 19.3. The maximum atomic E-state index is 12.1. The van der Waals surface area contributed by atoms with Crippen molar-refractivity contribution in [1.29, 1.82) is 0 Å². The van der Waals surface area contributed by atoms with Crippen molar-refractivity contribution in [2.24, 2.45) is 0 Å². The summed E-state index contributed by atoms with van der Waals surface area (Å²) in [6, 6.07) is 0.849. The quantitative estimate of drug-likeness (QED) is 0.637. The van der Waals surface area contributed by atoms with Crippen LogP contribution in [0.3, 0.4) is 0 Å². The summed E-state index contributed by atoms with van der Waals surface area (Å²) >= 11 is 0. The van der Waals surface area contributed by atoms with Crippen molar-refractivity contribution in [3.05, 3.63) is 27.7 Å². The molecule has 0 bridgehead atoms. The predicted molar refractivity (Wildman–Crippen MR) is 39.6 cm³/mol. The molecule has 13 heavy (non-hydrogen) atoms. The van der Waals surface area contributed by atoms with Gasteiger partial charge in [-0.2, -0.15) is 0 Å². The van der Waals surface area contributed by atoms with Crippen molar-refractivity contribution in [2.75, 3.05) is 0 Å². The van der Waals surface area contributed by atoms with Gasteiger partial charge in [0.2, 0.25) is 0 Å². The summed E-state index contributed by atoms with van der Waals surface area (Å²) < 4.78 is 24.1. The second-order valence-electron chi connectivity index (χ2n) is 2.39. The van der Waals surface area contributed by atoms with Crippen LogP contribution in [0.2, 0.25) is 0 Å². The van der Waals surface area contributed by atoms with Crippen molar-refractivity contribution in [1.82, 2.24) is 4.98 Å². The van der Waals surface area contributed by atoms with Crippen molar-refractivity contribution >= 4 is 0 Å². The zero-order chi connectivity index (χ0) is 10.0. The molecule has 0 radical (unpaired) electrons. The SMILES string of the molecule is O=c1[nH]c(C(F)F)cc(CO)c1O. The first-order valence-corrected chi connectivity index (χ1v) is 3.40. The van der Waals surface area contributed by atoms with Crippen molar-refractivity contribution in [3.63, 3.8) is 0 Å². The number of aromatic nitrogens is 1. The Hall–Kier alpha value is -1.43. The van der Waals surface area contributed by atoms with Crippen LogP contribution in [0.15, 0.2) is 10.9 Å². The zero-order valence-electron chi connectivity index (χ0n) is 6.42. The van der Waals surface area contributed by atoms with E-state index in [-0.39, 0.29) is 5.56 Å². The lowest BCUT2D eigenvalue weighted by atomic mass is 10.2. The number of rotatable bonds is 2. The third-order valence-electron chi connectivity index (χ3n) is 1.51. The van der Waals surface area contributed by atoms with Crippen LogP contribution >= 0.6 is 0 Å². The summed E-state index contributed by atoms with van der Waals surface area (Å²) in [6.07, 6.45) is -2.83. The van der Waals surface area contributed by atoms with Gasteiger partial charge >= 0.3 is 0 Å². The normalized spacial score (nSPS) is 10.8. The highest BCUT2D eigenvalue weighted by Crippen LogP contribution is 2.19. The Labute approximate surface area is 71.5 Å². The first kappa shape index (κ1) is 9.66. The summed E-state index contributed by atoms with van der Waals surface area (Å²) in [5.41, 5.74) is -1.85. The van der Waals surface area contributed by atoms with Crippen molar-refractivity contribution in [3.8, 4) is 5.75 Å². The fraction of sp³-hybridized carbons (Fsp3) is 0.286. The Morgan fingerprint density at radius 3 is 2.62 bits per heavy atom. The number of pyridine rings is 1. The van der Waals surface area contributed by atoms with Gasteiger partial charge in [0.1, 0.15) is 0 Å². The fourth-order valence-electron chi connectivity index (χ4n) is 0.866. The van der Waals surface area contributed by atoms with Crippen LogP contribution in [0, 0.1) is 0 Å². The predicted octanol–water partition coefficient (Wildman–Crippen LogP) is 0.510. The molecular weight excluding hydrogens is 184 g/mol. The Kier molecular flexibility index (Phi) is 2.62. The summed E-state index contributed by atoms with van der Waals surface area (Å²) in [6.45, 7) is -0.657. The first-order chi connectivity index (χ1) is 6.06. The molecule has 0 aliphatic carbocycles. The van der Waals surface area contributed by atoms with Gasteiger partial charge in [0.25, 0.3) is 12.0 Å². The molecule has 0 amide bonds. The smallest absolute Gasteiger partial charge is 0.290 e. The van der Waals surface area contributed by atoms with E-state index in [1.54, 1.807) is 4.98 Å². The molecule has 0 aliphatic heterocycles. The molecule has 0 spiro atoms. The van der Waals surface area contributed by atoms with E-state index < -0.39 is 30.0 Å². The number of aliphatic hydroxyl groups excluding tert-OH is 1. The lowest BCUT2D eigenvalue weighted by Crippen LogP contribution is -2.11. The molecular formula is C7H7F2NO3. The number of aromatic amines is 1. The number of halogens is 2. The van der Waals surface area contributed by atoms with Crippen LogP contribution in [-0.4, -0.2) is 15.2 Å². The second kappa shape index (κ2) is 3.53. The molecule has 72 valence electrons. The molecule has 6 heteroatoms. The Morgan fingerprint density at radius 2 is 2.15 bits per heavy atom. The largest absolute Gasteiger partial charge is 0.503 e. The fourth-order valence-corrected chi connectivity index (χ4v) is 0.866. The minimum Gasteiger partial charge on any atom is -0.503 e. The second-order valence-corrected chi connectivity index (χ2v) is 2.39. The van der Waals surface area contributed by atoms with Crippen LogP contribution in [-0.2, 0) is 6.61 Å². The lowest BCUT2D eigenvalue weighted by Gasteiger charge is -2.03. The molecule has 0 atom stereocenters. The van der Waals surface area contributed by atoms with Gasteiger partial charge in [-0.25, -0.2) is 8.78 Å². The first-order valence-electron chi connectivity index (χ1n) is 3.40. The topological polar surface area (TPSA) is 73.3 Å². The molecule has 0 aromatic carbocycles. The average molecular weight is 191 g/mol. The third kappa shape index (κ3) is 1.83. The summed E-state index contributed by atoms with van der Waals surface area (Å²) in [5.74, 6) is -0.730. The third-order valence-corrected chi connectivity index (χ3v) is 1.51. The Bertz CT molecular complexity index is 361. The highest BCUT2D eigenvalue weighted by Gasteiger charge is 2.13. The molecule has 0 aliphatic rings. The van der Waals surface area contributed by atoms with Gasteiger partial charge in [-0.15, -0.1) is 0 Å². The minimum absolute atomic E-state index is 0.209. The molecule has 1 aromatic rings. The lowest BCUT2D eigenvalue weighted by molar-refractivity contribution is 0.145. The number of H-pyrrole nitrogens is 1. The van der Waals surface area contributed by atoms with Gasteiger partial charge in [0.15, 0.2) is 5.75 Å². The van der Waals surface area contributed by atoms with Gasteiger partial charge in [0.05, 0.1) is 12.3 Å². The number of alkyl halides is 2. The van der Waals surface area contributed by atoms with E-state index in [1.165, 1.54) is 0 Å². The van der Waals surface area contributed by atoms with Gasteiger partial charge in [0, 0.05) is 5.56 Å². The standard InChI is InChI=1S/C7H7F2NO3/c8-6(9)4-1-3(2-11)5(12)7(13)10-4/h1,6,11-12H,2H2,(H,10,13). The van der Waals surface area contributed by atoms with Crippen LogP contribution in [0.4, 0.5) is 8.78 Å². The number of hydrogen-bond acceptors (Lipinski definition) is 3. The van der Waals surface area contributed by atoms with E-state index in [4.69, 9.17) is 10.2 Å². The molecule has 0 saturated carbocycles. The van der Waals surface area contributed by atoms with E-state index in [2.05, 4.69) is 0 Å². The van der Waals surface area contributed by atoms with Gasteiger partial charge in [-0.3, -0.25) is 4.79 Å². The molecule has 0 fully saturated rings. The van der Waals surface area contributed by atoms with Crippen LogP contribution < -0.4 is 5.56 Å². The van der Waals surface area contributed by atoms with Crippen LogP contribution in [0.5, 0.6) is 5.75 Å². The number of nitrogens with one attached hydrogen (secondary N) is 1. The number of hydrogen-bond donors (Lipinski definition) is 3. The van der Waals surface area contributed by atoms with Crippen molar-refractivity contribution in [2.45, 2.75) is 13.0 Å². The van der Waals surface area contributed by atoms with Gasteiger partial charge in [-0.1, -0.05) is 0 Å². The van der Waals surface area contributed by atoms with Gasteiger partial charge in [-0.05, 0) is 6.07 Å². The van der Waals surface area contributed by atoms with E-state index in [0.29, 0.717) is 0 Å². The molecule has 3 N–H and O–H groups in total. The van der Waals surface area contributed by atoms with E-state index in [9.17, 15) is 13.6 Å². The zero-order valence-corrected chi connectivity index (χ0v) is 6.42. The van der Waals surface area contributed by atoms with Crippen LogP contribution in [0.25, 0.3) is 0 Å². The average Bonchev–Trinajstić information content (AvgIpc) is 2.09. The highest BCUT2D eigenvalue weighted by molar-refractivity contribution is 5.30. The summed E-state index contributed by atoms with van der Waals surface area (Å²) in [4.78, 5) is 12.6. The molecule has 1 aromatic heterocycles.